The first-order valence-electron chi connectivity index (χ1n) is 3.98. The van der Waals surface area contributed by atoms with Crippen molar-refractivity contribution in [3.63, 3.8) is 0 Å². The van der Waals surface area contributed by atoms with Gasteiger partial charge in [0.2, 0.25) is 0 Å². The Bertz CT molecular complexity index is 95.4. The maximum absolute atomic E-state index is 9.74. The minimum Gasteiger partial charge on any atom is -0.390 e. The molecular weight excluding hydrogens is 128 g/mol. The van der Waals surface area contributed by atoms with Gasteiger partial charge in [-0.15, -0.1) is 0 Å². The van der Waals surface area contributed by atoms with E-state index in [4.69, 9.17) is 4.74 Å². The maximum Gasteiger partial charge on any atom is 0.0669 e. The van der Waals surface area contributed by atoms with Gasteiger partial charge in [-0.05, 0) is 19.3 Å². The summed E-state index contributed by atoms with van der Waals surface area (Å²) < 4.78 is 4.91. The highest BCUT2D eigenvalue weighted by Crippen LogP contribution is 2.31. The van der Waals surface area contributed by atoms with Gasteiger partial charge in [0.05, 0.1) is 5.60 Å². The third kappa shape index (κ3) is 1.96. The number of hydrogen-bond donors (Lipinski definition) is 1. The maximum atomic E-state index is 9.74. The second-order valence-electron chi connectivity index (χ2n) is 3.17. The van der Waals surface area contributed by atoms with Crippen LogP contribution in [-0.4, -0.2) is 24.4 Å². The zero-order valence-electron chi connectivity index (χ0n) is 6.60. The molecule has 1 N–H and O–H groups in total. The van der Waals surface area contributed by atoms with E-state index in [0.29, 0.717) is 6.61 Å². The Morgan fingerprint density at radius 2 is 2.00 bits per heavy atom. The van der Waals surface area contributed by atoms with Gasteiger partial charge in [0.25, 0.3) is 0 Å². The summed E-state index contributed by atoms with van der Waals surface area (Å²) in [5, 5.41) is 9.74. The van der Waals surface area contributed by atoms with Gasteiger partial charge in [-0.25, -0.2) is 0 Å². The van der Waals surface area contributed by atoms with Crippen molar-refractivity contribution in [2.75, 3.05) is 13.7 Å². The van der Waals surface area contributed by atoms with Gasteiger partial charge in [-0.2, -0.15) is 0 Å². The Labute approximate surface area is 62.2 Å². The lowest BCUT2D eigenvalue weighted by Crippen LogP contribution is -2.25. The van der Waals surface area contributed by atoms with Crippen molar-refractivity contribution in [3.8, 4) is 0 Å². The molecule has 0 radical (unpaired) electrons. The highest BCUT2D eigenvalue weighted by Gasteiger charge is 2.30. The fourth-order valence-corrected chi connectivity index (χ4v) is 1.58. The molecule has 0 aromatic rings. The Balaban J connectivity index is 2.22. The van der Waals surface area contributed by atoms with Crippen LogP contribution in [0.1, 0.15) is 32.1 Å². The summed E-state index contributed by atoms with van der Waals surface area (Å²) >= 11 is 0. The van der Waals surface area contributed by atoms with E-state index >= 15 is 0 Å². The molecule has 2 nitrogen and oxygen atoms in total. The summed E-state index contributed by atoms with van der Waals surface area (Å²) in [6.45, 7) is 0.691. The largest absolute Gasteiger partial charge is 0.390 e. The number of rotatable bonds is 3. The SMILES string of the molecule is COCCC1(O)CCCC1. The first kappa shape index (κ1) is 8.02. The van der Waals surface area contributed by atoms with Gasteiger partial charge >= 0.3 is 0 Å². The standard InChI is InChI=1S/C8H16O2/c1-10-7-6-8(9)4-2-3-5-8/h9H,2-7H2,1H3. The van der Waals surface area contributed by atoms with Crippen LogP contribution < -0.4 is 0 Å². The molecule has 1 fully saturated rings. The van der Waals surface area contributed by atoms with Crippen LogP contribution in [0.25, 0.3) is 0 Å². The van der Waals surface area contributed by atoms with E-state index in [-0.39, 0.29) is 5.60 Å². The molecule has 0 heterocycles. The molecule has 0 aliphatic heterocycles. The number of methoxy groups -OCH3 is 1. The predicted molar refractivity (Wildman–Crippen MR) is 39.9 cm³/mol. The molecular formula is C8H16O2. The number of ether oxygens (including phenoxy) is 1. The molecule has 0 aromatic heterocycles. The van der Waals surface area contributed by atoms with E-state index in [1.807, 2.05) is 0 Å². The normalized spacial score (nSPS) is 23.4. The zero-order chi connectivity index (χ0) is 7.45. The average Bonchev–Trinajstić information content (AvgIpc) is 2.33. The third-order valence-corrected chi connectivity index (χ3v) is 2.31. The fourth-order valence-electron chi connectivity index (χ4n) is 1.58. The molecule has 0 bridgehead atoms. The van der Waals surface area contributed by atoms with Crippen molar-refractivity contribution < 1.29 is 9.84 Å². The molecule has 0 amide bonds. The van der Waals surface area contributed by atoms with Crippen LogP contribution >= 0.6 is 0 Å². The van der Waals surface area contributed by atoms with Crippen molar-refractivity contribution in [1.29, 1.82) is 0 Å². The lowest BCUT2D eigenvalue weighted by atomic mass is 9.99. The van der Waals surface area contributed by atoms with E-state index in [2.05, 4.69) is 0 Å². The molecule has 60 valence electrons. The predicted octanol–water partition coefficient (Wildman–Crippen LogP) is 1.33. The van der Waals surface area contributed by atoms with Gasteiger partial charge in [-0.1, -0.05) is 12.8 Å². The molecule has 10 heavy (non-hydrogen) atoms. The first-order chi connectivity index (χ1) is 4.77. The van der Waals surface area contributed by atoms with E-state index in [0.717, 1.165) is 19.3 Å². The van der Waals surface area contributed by atoms with Crippen molar-refractivity contribution in [2.45, 2.75) is 37.7 Å². The smallest absolute Gasteiger partial charge is 0.0669 e. The van der Waals surface area contributed by atoms with Crippen LogP contribution in [0.5, 0.6) is 0 Å². The van der Waals surface area contributed by atoms with Crippen LogP contribution in [0.4, 0.5) is 0 Å². The second kappa shape index (κ2) is 3.35. The summed E-state index contributed by atoms with van der Waals surface area (Å²) in [4.78, 5) is 0. The van der Waals surface area contributed by atoms with Crippen molar-refractivity contribution in [3.05, 3.63) is 0 Å². The summed E-state index contributed by atoms with van der Waals surface area (Å²) in [6, 6.07) is 0. The molecule has 0 spiro atoms. The van der Waals surface area contributed by atoms with E-state index in [1.165, 1.54) is 12.8 Å². The van der Waals surface area contributed by atoms with Gasteiger partial charge < -0.3 is 9.84 Å². The van der Waals surface area contributed by atoms with Crippen LogP contribution in [-0.2, 0) is 4.74 Å². The summed E-state index contributed by atoms with van der Waals surface area (Å²) in [5.74, 6) is 0. The quantitative estimate of drug-likeness (QED) is 0.647. The monoisotopic (exact) mass is 144 g/mol. The summed E-state index contributed by atoms with van der Waals surface area (Å²) in [5.41, 5.74) is -0.379. The molecule has 1 saturated carbocycles. The molecule has 1 aliphatic carbocycles. The first-order valence-corrected chi connectivity index (χ1v) is 3.98. The van der Waals surface area contributed by atoms with E-state index in [1.54, 1.807) is 7.11 Å². The molecule has 1 aliphatic rings. The van der Waals surface area contributed by atoms with Gasteiger partial charge in [0, 0.05) is 13.7 Å². The Kier molecular flexibility index (Phi) is 2.69. The molecule has 0 unspecified atom stereocenters. The van der Waals surface area contributed by atoms with Crippen LogP contribution in [0.2, 0.25) is 0 Å². The Morgan fingerprint density at radius 1 is 1.40 bits per heavy atom. The van der Waals surface area contributed by atoms with Crippen molar-refractivity contribution in [2.24, 2.45) is 0 Å². The van der Waals surface area contributed by atoms with Crippen molar-refractivity contribution in [1.82, 2.24) is 0 Å². The highest BCUT2D eigenvalue weighted by molar-refractivity contribution is 4.83. The molecule has 0 aromatic carbocycles. The van der Waals surface area contributed by atoms with Crippen LogP contribution in [0, 0.1) is 0 Å². The molecule has 1 rings (SSSR count). The Morgan fingerprint density at radius 3 is 2.50 bits per heavy atom. The van der Waals surface area contributed by atoms with Crippen molar-refractivity contribution >= 4 is 0 Å². The average molecular weight is 144 g/mol. The van der Waals surface area contributed by atoms with E-state index < -0.39 is 0 Å². The lowest BCUT2D eigenvalue weighted by Gasteiger charge is -2.20. The van der Waals surface area contributed by atoms with Gasteiger partial charge in [0.1, 0.15) is 0 Å². The third-order valence-electron chi connectivity index (χ3n) is 2.31. The minimum absolute atomic E-state index is 0.379. The van der Waals surface area contributed by atoms with Gasteiger partial charge in [0.15, 0.2) is 0 Å². The highest BCUT2D eigenvalue weighted by atomic mass is 16.5. The zero-order valence-corrected chi connectivity index (χ0v) is 6.60. The van der Waals surface area contributed by atoms with Crippen LogP contribution in [0.3, 0.4) is 0 Å². The Hall–Kier alpha value is -0.0800. The number of aliphatic hydroxyl groups is 1. The minimum atomic E-state index is -0.379. The molecule has 0 saturated heterocycles. The molecule has 2 heteroatoms. The van der Waals surface area contributed by atoms with Gasteiger partial charge in [-0.3, -0.25) is 0 Å². The fraction of sp³-hybridized carbons (Fsp3) is 1.00. The van der Waals surface area contributed by atoms with E-state index in [9.17, 15) is 5.11 Å². The number of hydrogen-bond acceptors (Lipinski definition) is 2. The second-order valence-corrected chi connectivity index (χ2v) is 3.17. The summed E-state index contributed by atoms with van der Waals surface area (Å²) in [7, 11) is 1.68. The topological polar surface area (TPSA) is 29.5 Å². The lowest BCUT2D eigenvalue weighted by molar-refractivity contribution is 0.0145. The van der Waals surface area contributed by atoms with Crippen LogP contribution in [0.15, 0.2) is 0 Å². The molecule has 0 atom stereocenters. The summed E-state index contributed by atoms with van der Waals surface area (Å²) in [6.07, 6.45) is 5.11.